The van der Waals surface area contributed by atoms with Crippen molar-refractivity contribution in [3.05, 3.63) is 0 Å². The third-order valence-corrected chi connectivity index (χ3v) is 1.29. The van der Waals surface area contributed by atoms with Gasteiger partial charge in [-0.2, -0.15) is 0 Å². The largest absolute Gasteiger partial charge is 0.379 e. The average molecular weight is 152 g/mol. The van der Waals surface area contributed by atoms with E-state index in [2.05, 4.69) is 0 Å². The van der Waals surface area contributed by atoms with E-state index in [1.807, 2.05) is 0 Å². The minimum Gasteiger partial charge on any atom is -0.379 e. The summed E-state index contributed by atoms with van der Waals surface area (Å²) in [6, 6.07) is 0. The molecule has 0 spiro atoms. The predicted molar refractivity (Wildman–Crippen MR) is 36.3 cm³/mol. The lowest BCUT2D eigenvalue weighted by molar-refractivity contribution is -0.0790. The zero-order valence-electron chi connectivity index (χ0n) is 6.87. The molecular weight excluding hydrogens is 138 g/mol. The lowest BCUT2D eigenvalue weighted by Gasteiger charge is -2.25. The first-order chi connectivity index (χ1) is 4.27. The summed E-state index contributed by atoms with van der Waals surface area (Å²) in [5, 5.41) is 0. The summed E-state index contributed by atoms with van der Waals surface area (Å²) < 4.78 is 29.5. The average Bonchev–Trinajstić information content (AvgIpc) is 1.60. The number of rotatable bonds is 3. The molecule has 0 aliphatic heterocycles. The number of ether oxygens (including phenoxy) is 1. The van der Waals surface area contributed by atoms with Crippen LogP contribution in [-0.2, 0) is 4.74 Å². The fraction of sp³-hybridized carbons (Fsp3) is 1.00. The van der Waals surface area contributed by atoms with Crippen molar-refractivity contribution >= 4 is 0 Å². The van der Waals surface area contributed by atoms with Crippen molar-refractivity contribution in [1.82, 2.24) is 0 Å². The van der Waals surface area contributed by atoms with E-state index in [1.54, 1.807) is 13.8 Å². The highest BCUT2D eigenvalue weighted by atomic mass is 19.3. The van der Waals surface area contributed by atoms with Gasteiger partial charge in [0.05, 0.1) is 5.60 Å². The van der Waals surface area contributed by atoms with Crippen LogP contribution < -0.4 is 0 Å². The van der Waals surface area contributed by atoms with Crippen molar-refractivity contribution in [1.29, 1.82) is 0 Å². The molecule has 3 heteroatoms. The number of methoxy groups -OCH3 is 1. The van der Waals surface area contributed by atoms with Gasteiger partial charge in [-0.25, -0.2) is 8.78 Å². The summed E-state index contributed by atoms with van der Waals surface area (Å²) >= 11 is 0. The first-order valence-corrected chi connectivity index (χ1v) is 3.20. The Hall–Kier alpha value is -0.180. The van der Waals surface area contributed by atoms with Gasteiger partial charge < -0.3 is 4.74 Å². The summed E-state index contributed by atoms with van der Waals surface area (Å²) in [5.41, 5.74) is -0.724. The van der Waals surface area contributed by atoms with E-state index in [9.17, 15) is 8.78 Å². The van der Waals surface area contributed by atoms with Gasteiger partial charge in [0.25, 0.3) is 0 Å². The molecule has 0 aliphatic carbocycles. The van der Waals surface area contributed by atoms with E-state index >= 15 is 0 Å². The van der Waals surface area contributed by atoms with Gasteiger partial charge in [0.2, 0.25) is 5.92 Å². The number of hydrogen-bond donors (Lipinski definition) is 0. The van der Waals surface area contributed by atoms with Crippen LogP contribution in [0.3, 0.4) is 0 Å². The Bertz CT molecular complexity index is 105. The van der Waals surface area contributed by atoms with Crippen LogP contribution in [-0.4, -0.2) is 18.6 Å². The molecule has 0 bridgehead atoms. The van der Waals surface area contributed by atoms with Gasteiger partial charge in [0.15, 0.2) is 0 Å². The standard InChI is InChI=1S/C7H14F2O/c1-6(2,10-4)5-7(3,8)9/h5H2,1-4H3. The summed E-state index contributed by atoms with van der Waals surface area (Å²) in [7, 11) is 1.44. The maximum atomic E-state index is 12.3. The molecule has 62 valence electrons. The van der Waals surface area contributed by atoms with Crippen molar-refractivity contribution in [2.75, 3.05) is 7.11 Å². The molecule has 0 atom stereocenters. The Labute approximate surface area is 60.4 Å². The van der Waals surface area contributed by atoms with Crippen LogP contribution in [0.2, 0.25) is 0 Å². The van der Waals surface area contributed by atoms with Crippen molar-refractivity contribution in [3.8, 4) is 0 Å². The second-order valence-electron chi connectivity index (χ2n) is 3.21. The van der Waals surface area contributed by atoms with Gasteiger partial charge >= 0.3 is 0 Å². The molecule has 0 saturated carbocycles. The summed E-state index contributed by atoms with van der Waals surface area (Å²) in [6.45, 7) is 4.18. The van der Waals surface area contributed by atoms with Crippen LogP contribution in [0, 0.1) is 0 Å². The van der Waals surface area contributed by atoms with E-state index in [4.69, 9.17) is 4.74 Å². The van der Waals surface area contributed by atoms with Crippen LogP contribution in [0.1, 0.15) is 27.2 Å². The fourth-order valence-electron chi connectivity index (χ4n) is 0.820. The predicted octanol–water partition coefficient (Wildman–Crippen LogP) is 2.46. The third-order valence-electron chi connectivity index (χ3n) is 1.29. The van der Waals surface area contributed by atoms with Gasteiger partial charge in [-0.3, -0.25) is 0 Å². The number of halogens is 2. The van der Waals surface area contributed by atoms with Crippen LogP contribution in [0.15, 0.2) is 0 Å². The molecule has 0 heterocycles. The number of alkyl halides is 2. The summed E-state index contributed by atoms with van der Waals surface area (Å²) in [5.74, 6) is -2.64. The van der Waals surface area contributed by atoms with Gasteiger partial charge in [-0.1, -0.05) is 0 Å². The van der Waals surface area contributed by atoms with E-state index in [1.165, 1.54) is 7.11 Å². The number of hydrogen-bond acceptors (Lipinski definition) is 1. The summed E-state index contributed by atoms with van der Waals surface area (Å²) in [6.07, 6.45) is -0.240. The van der Waals surface area contributed by atoms with Gasteiger partial charge in [-0.05, 0) is 20.8 Å². The van der Waals surface area contributed by atoms with Crippen LogP contribution in [0.4, 0.5) is 8.78 Å². The normalized spacial score (nSPS) is 13.8. The highest BCUT2D eigenvalue weighted by Gasteiger charge is 2.31. The lowest BCUT2D eigenvalue weighted by Crippen LogP contribution is -2.30. The molecule has 0 radical (unpaired) electrons. The van der Waals surface area contributed by atoms with E-state index < -0.39 is 11.5 Å². The molecule has 0 unspecified atom stereocenters. The SMILES string of the molecule is COC(C)(C)CC(C)(F)F. The molecule has 0 aromatic rings. The summed E-state index contributed by atoms with van der Waals surface area (Å²) in [4.78, 5) is 0. The van der Waals surface area contributed by atoms with Gasteiger partial charge in [0, 0.05) is 13.5 Å². The van der Waals surface area contributed by atoms with Gasteiger partial charge in [-0.15, -0.1) is 0 Å². The van der Waals surface area contributed by atoms with Crippen LogP contribution >= 0.6 is 0 Å². The molecule has 0 aromatic carbocycles. The lowest BCUT2D eigenvalue weighted by atomic mass is 10.0. The maximum absolute atomic E-state index is 12.3. The fourth-order valence-corrected chi connectivity index (χ4v) is 0.820. The van der Waals surface area contributed by atoms with Crippen LogP contribution in [0.25, 0.3) is 0 Å². The van der Waals surface area contributed by atoms with Crippen molar-refractivity contribution in [3.63, 3.8) is 0 Å². The topological polar surface area (TPSA) is 9.23 Å². The molecule has 0 amide bonds. The molecule has 0 saturated heterocycles. The third kappa shape index (κ3) is 4.68. The van der Waals surface area contributed by atoms with E-state index in [0.29, 0.717) is 0 Å². The highest BCUT2D eigenvalue weighted by Crippen LogP contribution is 2.26. The van der Waals surface area contributed by atoms with E-state index in [0.717, 1.165) is 6.92 Å². The Balaban J connectivity index is 3.89. The van der Waals surface area contributed by atoms with Gasteiger partial charge in [0.1, 0.15) is 0 Å². The van der Waals surface area contributed by atoms with Crippen molar-refractivity contribution in [2.45, 2.75) is 38.7 Å². The second kappa shape index (κ2) is 2.82. The molecule has 10 heavy (non-hydrogen) atoms. The van der Waals surface area contributed by atoms with Crippen molar-refractivity contribution in [2.24, 2.45) is 0 Å². The molecular formula is C7H14F2O. The Morgan fingerprint density at radius 3 is 1.70 bits per heavy atom. The Morgan fingerprint density at radius 1 is 1.20 bits per heavy atom. The smallest absolute Gasteiger partial charge is 0.248 e. The zero-order valence-corrected chi connectivity index (χ0v) is 6.87. The molecule has 0 aromatic heterocycles. The first kappa shape index (κ1) is 9.82. The minimum atomic E-state index is -2.64. The second-order valence-corrected chi connectivity index (χ2v) is 3.21. The monoisotopic (exact) mass is 152 g/mol. The van der Waals surface area contributed by atoms with Crippen LogP contribution in [0.5, 0.6) is 0 Å². The maximum Gasteiger partial charge on any atom is 0.248 e. The molecule has 1 nitrogen and oxygen atoms in total. The molecule has 0 rings (SSSR count). The minimum absolute atomic E-state index is 0.240. The Morgan fingerprint density at radius 2 is 1.60 bits per heavy atom. The molecule has 0 N–H and O–H groups in total. The Kier molecular flexibility index (Phi) is 2.77. The van der Waals surface area contributed by atoms with E-state index in [-0.39, 0.29) is 6.42 Å². The quantitative estimate of drug-likeness (QED) is 0.603. The molecule has 0 fully saturated rings. The zero-order chi connectivity index (χ0) is 8.41. The highest BCUT2D eigenvalue weighted by molar-refractivity contribution is 4.75. The molecule has 0 aliphatic rings. The first-order valence-electron chi connectivity index (χ1n) is 3.20. The van der Waals surface area contributed by atoms with Crippen molar-refractivity contribution < 1.29 is 13.5 Å².